The molecule has 108 valence electrons. The third-order valence-corrected chi connectivity index (χ3v) is 2.92. The van der Waals surface area contributed by atoms with Crippen LogP contribution >= 0.6 is 0 Å². The number of rotatable bonds is 4. The number of aryl methyl sites for hydroxylation is 1. The van der Waals surface area contributed by atoms with E-state index in [4.69, 9.17) is 5.84 Å². The largest absolute Gasteiger partial charge is 0.323 e. The summed E-state index contributed by atoms with van der Waals surface area (Å²) in [5.74, 6) is 4.85. The molecule has 0 bridgehead atoms. The van der Waals surface area contributed by atoms with Crippen LogP contribution < -0.4 is 16.6 Å². The van der Waals surface area contributed by atoms with Crippen LogP contribution in [0.1, 0.15) is 15.9 Å². The first-order valence-corrected chi connectivity index (χ1v) is 6.14. The van der Waals surface area contributed by atoms with Crippen LogP contribution in [0.3, 0.4) is 0 Å². The van der Waals surface area contributed by atoms with Gasteiger partial charge in [0.15, 0.2) is 0 Å². The number of nitrogens with zero attached hydrogens (tertiary/aromatic N) is 1. The van der Waals surface area contributed by atoms with Crippen LogP contribution in [0.5, 0.6) is 0 Å². The molecule has 0 spiro atoms. The zero-order valence-electron chi connectivity index (χ0n) is 11.3. The number of nitro benzene ring substituents is 1. The van der Waals surface area contributed by atoms with E-state index < -0.39 is 10.8 Å². The van der Waals surface area contributed by atoms with Gasteiger partial charge in [0.1, 0.15) is 0 Å². The topological polar surface area (TPSA) is 110 Å². The average molecular weight is 286 g/mol. The lowest BCUT2D eigenvalue weighted by atomic mass is 10.1. The molecule has 0 aromatic heterocycles. The summed E-state index contributed by atoms with van der Waals surface area (Å²) in [6.07, 6.45) is 0. The summed E-state index contributed by atoms with van der Waals surface area (Å²) < 4.78 is 0. The van der Waals surface area contributed by atoms with E-state index in [1.165, 1.54) is 18.2 Å². The van der Waals surface area contributed by atoms with Gasteiger partial charge in [0, 0.05) is 17.8 Å². The van der Waals surface area contributed by atoms with Crippen molar-refractivity contribution in [1.82, 2.24) is 0 Å². The number of nitrogen functional groups attached to an aromatic ring is 1. The van der Waals surface area contributed by atoms with Crippen LogP contribution in [0, 0.1) is 17.0 Å². The van der Waals surface area contributed by atoms with Gasteiger partial charge in [-0.3, -0.25) is 20.8 Å². The minimum absolute atomic E-state index is 0.104. The van der Waals surface area contributed by atoms with E-state index in [2.05, 4.69) is 10.7 Å². The molecule has 0 saturated carbocycles. The van der Waals surface area contributed by atoms with Gasteiger partial charge >= 0.3 is 0 Å². The normalized spacial score (nSPS) is 10.0. The zero-order chi connectivity index (χ0) is 15.4. The molecule has 0 saturated heterocycles. The number of anilines is 2. The third-order valence-electron chi connectivity index (χ3n) is 2.92. The molecule has 0 heterocycles. The maximum Gasteiger partial charge on any atom is 0.270 e. The standard InChI is InChI=1S/C14H14N4O3/c1-9-2-4-10(5-3-9)16-14(19)12-8-11(18(20)21)6-7-13(12)17-15/h2-8,17H,15H2,1H3,(H,16,19). The second-order valence-corrected chi connectivity index (χ2v) is 4.45. The molecule has 0 aliphatic heterocycles. The highest BCUT2D eigenvalue weighted by molar-refractivity contribution is 6.08. The van der Waals surface area contributed by atoms with E-state index in [1.807, 2.05) is 19.1 Å². The first kappa shape index (κ1) is 14.5. The second-order valence-electron chi connectivity index (χ2n) is 4.45. The lowest BCUT2D eigenvalue weighted by molar-refractivity contribution is -0.384. The second kappa shape index (κ2) is 6.02. The van der Waals surface area contributed by atoms with Gasteiger partial charge in [0.05, 0.1) is 16.2 Å². The van der Waals surface area contributed by atoms with Gasteiger partial charge in [-0.15, -0.1) is 0 Å². The van der Waals surface area contributed by atoms with Crippen molar-refractivity contribution in [2.24, 2.45) is 5.84 Å². The molecule has 0 radical (unpaired) electrons. The van der Waals surface area contributed by atoms with E-state index >= 15 is 0 Å². The molecule has 0 fully saturated rings. The Morgan fingerprint density at radius 2 is 1.86 bits per heavy atom. The van der Waals surface area contributed by atoms with Crippen LogP contribution in [0.2, 0.25) is 0 Å². The minimum Gasteiger partial charge on any atom is -0.323 e. The summed E-state index contributed by atoms with van der Waals surface area (Å²) in [5.41, 5.74) is 4.25. The molecule has 0 aliphatic carbocycles. The molecule has 2 aromatic carbocycles. The molecule has 0 atom stereocenters. The van der Waals surface area contributed by atoms with Gasteiger partial charge in [-0.25, -0.2) is 0 Å². The highest BCUT2D eigenvalue weighted by atomic mass is 16.6. The van der Waals surface area contributed by atoms with Crippen molar-refractivity contribution in [3.63, 3.8) is 0 Å². The summed E-state index contributed by atoms with van der Waals surface area (Å²) in [6, 6.07) is 11.1. The third kappa shape index (κ3) is 3.34. The Morgan fingerprint density at radius 1 is 1.19 bits per heavy atom. The molecular weight excluding hydrogens is 272 g/mol. The number of hydrogen-bond donors (Lipinski definition) is 3. The van der Waals surface area contributed by atoms with Gasteiger partial charge in [0.2, 0.25) is 0 Å². The Morgan fingerprint density at radius 3 is 2.43 bits per heavy atom. The SMILES string of the molecule is Cc1ccc(NC(=O)c2cc([N+](=O)[O-])ccc2NN)cc1. The van der Waals surface area contributed by atoms with Crippen LogP contribution in [0.25, 0.3) is 0 Å². The van der Waals surface area contributed by atoms with E-state index in [0.29, 0.717) is 11.4 Å². The van der Waals surface area contributed by atoms with Gasteiger partial charge in [-0.2, -0.15) is 0 Å². The van der Waals surface area contributed by atoms with E-state index in [-0.39, 0.29) is 11.3 Å². The highest BCUT2D eigenvalue weighted by Crippen LogP contribution is 2.22. The lowest BCUT2D eigenvalue weighted by Crippen LogP contribution is -2.17. The van der Waals surface area contributed by atoms with Crippen molar-refractivity contribution in [3.8, 4) is 0 Å². The van der Waals surface area contributed by atoms with E-state index in [0.717, 1.165) is 5.56 Å². The van der Waals surface area contributed by atoms with Crippen molar-refractivity contribution < 1.29 is 9.72 Å². The number of amides is 1. The summed E-state index contributed by atoms with van der Waals surface area (Å²) >= 11 is 0. The number of non-ortho nitro benzene ring substituents is 1. The lowest BCUT2D eigenvalue weighted by Gasteiger charge is -2.09. The molecule has 4 N–H and O–H groups in total. The van der Waals surface area contributed by atoms with Crippen molar-refractivity contribution in [1.29, 1.82) is 0 Å². The summed E-state index contributed by atoms with van der Waals surface area (Å²) in [4.78, 5) is 22.5. The van der Waals surface area contributed by atoms with E-state index in [9.17, 15) is 14.9 Å². The fraction of sp³-hybridized carbons (Fsp3) is 0.0714. The van der Waals surface area contributed by atoms with Gasteiger partial charge in [-0.1, -0.05) is 17.7 Å². The number of carbonyl (C=O) groups is 1. The Bertz CT molecular complexity index is 683. The molecule has 7 nitrogen and oxygen atoms in total. The number of hydrogen-bond acceptors (Lipinski definition) is 5. The first-order valence-electron chi connectivity index (χ1n) is 6.14. The number of carbonyl (C=O) groups excluding carboxylic acids is 1. The van der Waals surface area contributed by atoms with Crippen LogP contribution in [0.15, 0.2) is 42.5 Å². The predicted molar refractivity (Wildman–Crippen MR) is 80.0 cm³/mol. The average Bonchev–Trinajstić information content (AvgIpc) is 2.48. The van der Waals surface area contributed by atoms with Crippen molar-refractivity contribution in [2.45, 2.75) is 6.92 Å². The van der Waals surface area contributed by atoms with Crippen molar-refractivity contribution in [2.75, 3.05) is 10.7 Å². The quantitative estimate of drug-likeness (QED) is 0.454. The fourth-order valence-electron chi connectivity index (χ4n) is 1.79. The maximum atomic E-state index is 12.2. The fourth-order valence-corrected chi connectivity index (χ4v) is 1.79. The molecule has 0 aliphatic rings. The van der Waals surface area contributed by atoms with Crippen LogP contribution in [-0.2, 0) is 0 Å². The zero-order valence-corrected chi connectivity index (χ0v) is 11.3. The number of nitrogens with one attached hydrogen (secondary N) is 2. The van der Waals surface area contributed by atoms with Crippen molar-refractivity contribution in [3.05, 3.63) is 63.7 Å². The Labute approximate surface area is 120 Å². The summed E-state index contributed by atoms with van der Waals surface area (Å²) in [7, 11) is 0. The molecule has 2 aromatic rings. The van der Waals surface area contributed by atoms with Crippen LogP contribution in [-0.4, -0.2) is 10.8 Å². The Balaban J connectivity index is 2.30. The molecule has 1 amide bonds. The molecule has 2 rings (SSSR count). The maximum absolute atomic E-state index is 12.2. The number of nitrogens with two attached hydrogens (primary N) is 1. The monoisotopic (exact) mass is 286 g/mol. The van der Waals surface area contributed by atoms with Gasteiger partial charge in [0.25, 0.3) is 11.6 Å². The number of benzene rings is 2. The Kier molecular flexibility index (Phi) is 4.15. The number of nitro groups is 1. The van der Waals surface area contributed by atoms with Gasteiger partial charge < -0.3 is 10.7 Å². The molecular formula is C14H14N4O3. The minimum atomic E-state index is -0.567. The van der Waals surface area contributed by atoms with Gasteiger partial charge in [-0.05, 0) is 25.1 Å². The first-order chi connectivity index (χ1) is 10.0. The van der Waals surface area contributed by atoms with Crippen LogP contribution in [0.4, 0.5) is 17.1 Å². The van der Waals surface area contributed by atoms with E-state index in [1.54, 1.807) is 12.1 Å². The summed E-state index contributed by atoms with van der Waals surface area (Å²) in [6.45, 7) is 1.93. The Hall–Kier alpha value is -2.93. The molecule has 7 heteroatoms. The molecule has 21 heavy (non-hydrogen) atoms. The van der Waals surface area contributed by atoms with Crippen molar-refractivity contribution >= 4 is 23.0 Å². The molecule has 0 unspecified atom stereocenters. The highest BCUT2D eigenvalue weighted by Gasteiger charge is 2.16. The summed E-state index contributed by atoms with van der Waals surface area (Å²) in [5, 5.41) is 13.5. The smallest absolute Gasteiger partial charge is 0.270 e. The predicted octanol–water partition coefficient (Wildman–Crippen LogP) is 2.44. The number of hydrazine groups is 1.